The van der Waals surface area contributed by atoms with Crippen molar-refractivity contribution in [1.82, 2.24) is 10.2 Å². The Labute approximate surface area is 114 Å². The van der Waals surface area contributed by atoms with E-state index in [1.165, 1.54) is 51.7 Å². The van der Waals surface area contributed by atoms with E-state index in [0.29, 0.717) is 5.54 Å². The SMILES string of the molecule is CCC1(C)CN(CC2CCCC2)C(C(C)C)CN1. The molecule has 2 aliphatic rings. The molecular formula is C16H32N2. The van der Waals surface area contributed by atoms with Crippen molar-refractivity contribution in [3.8, 4) is 0 Å². The summed E-state index contributed by atoms with van der Waals surface area (Å²) in [4.78, 5) is 2.81. The first-order valence-electron chi connectivity index (χ1n) is 8.03. The Morgan fingerprint density at radius 2 is 1.94 bits per heavy atom. The minimum Gasteiger partial charge on any atom is -0.309 e. The van der Waals surface area contributed by atoms with Gasteiger partial charge in [0.1, 0.15) is 0 Å². The molecule has 1 saturated heterocycles. The van der Waals surface area contributed by atoms with E-state index in [2.05, 4.69) is 37.9 Å². The summed E-state index contributed by atoms with van der Waals surface area (Å²) in [6.45, 7) is 13.2. The van der Waals surface area contributed by atoms with E-state index in [9.17, 15) is 0 Å². The summed E-state index contributed by atoms with van der Waals surface area (Å²) in [7, 11) is 0. The molecule has 2 fully saturated rings. The maximum atomic E-state index is 3.79. The van der Waals surface area contributed by atoms with Crippen molar-refractivity contribution in [3.63, 3.8) is 0 Å². The van der Waals surface area contributed by atoms with Crippen LogP contribution in [0.25, 0.3) is 0 Å². The summed E-state index contributed by atoms with van der Waals surface area (Å²) < 4.78 is 0. The quantitative estimate of drug-likeness (QED) is 0.826. The maximum absolute atomic E-state index is 3.79. The Hall–Kier alpha value is -0.0800. The molecule has 2 nitrogen and oxygen atoms in total. The normalized spacial score (nSPS) is 35.5. The zero-order valence-corrected chi connectivity index (χ0v) is 12.8. The summed E-state index contributed by atoms with van der Waals surface area (Å²) in [6.07, 6.45) is 7.11. The van der Waals surface area contributed by atoms with Crippen LogP contribution in [0.4, 0.5) is 0 Å². The molecule has 1 aliphatic carbocycles. The van der Waals surface area contributed by atoms with Crippen molar-refractivity contribution in [2.24, 2.45) is 11.8 Å². The average Bonchev–Trinajstić information content (AvgIpc) is 2.81. The lowest BCUT2D eigenvalue weighted by atomic mass is 9.89. The Morgan fingerprint density at radius 1 is 1.28 bits per heavy atom. The smallest absolute Gasteiger partial charge is 0.0278 e. The van der Waals surface area contributed by atoms with Crippen LogP contribution in [0.3, 0.4) is 0 Å². The van der Waals surface area contributed by atoms with Gasteiger partial charge in [-0.2, -0.15) is 0 Å². The average molecular weight is 252 g/mol. The van der Waals surface area contributed by atoms with Gasteiger partial charge in [0.15, 0.2) is 0 Å². The minimum atomic E-state index is 0.337. The number of piperazine rings is 1. The zero-order valence-electron chi connectivity index (χ0n) is 12.8. The van der Waals surface area contributed by atoms with Gasteiger partial charge in [-0.3, -0.25) is 4.90 Å². The van der Waals surface area contributed by atoms with Crippen LogP contribution in [-0.4, -0.2) is 36.1 Å². The fraction of sp³-hybridized carbons (Fsp3) is 1.00. The molecule has 1 saturated carbocycles. The fourth-order valence-electron chi connectivity index (χ4n) is 3.72. The van der Waals surface area contributed by atoms with Gasteiger partial charge in [0.25, 0.3) is 0 Å². The molecule has 2 atom stereocenters. The molecule has 106 valence electrons. The molecule has 0 spiro atoms. The largest absolute Gasteiger partial charge is 0.309 e. The van der Waals surface area contributed by atoms with Gasteiger partial charge in [-0.05, 0) is 38.0 Å². The van der Waals surface area contributed by atoms with Crippen molar-refractivity contribution in [2.45, 2.75) is 71.4 Å². The molecule has 0 radical (unpaired) electrons. The van der Waals surface area contributed by atoms with Crippen LogP contribution in [0.1, 0.15) is 59.8 Å². The molecule has 2 unspecified atom stereocenters. The van der Waals surface area contributed by atoms with E-state index in [1.807, 2.05) is 0 Å². The Morgan fingerprint density at radius 3 is 2.50 bits per heavy atom. The Kier molecular flexibility index (Phi) is 4.71. The van der Waals surface area contributed by atoms with Crippen LogP contribution in [0, 0.1) is 11.8 Å². The standard InChI is InChI=1S/C16H32N2/c1-5-16(4)12-18(11-14-8-6-7-9-14)15(10-17-16)13(2)3/h13-15,17H,5-12H2,1-4H3. The van der Waals surface area contributed by atoms with Crippen molar-refractivity contribution in [2.75, 3.05) is 19.6 Å². The third-order valence-electron chi connectivity index (χ3n) is 5.28. The van der Waals surface area contributed by atoms with Crippen LogP contribution in [-0.2, 0) is 0 Å². The predicted octanol–water partition coefficient (Wildman–Crippen LogP) is 3.28. The summed E-state index contributed by atoms with van der Waals surface area (Å²) >= 11 is 0. The third kappa shape index (κ3) is 3.27. The van der Waals surface area contributed by atoms with E-state index < -0.39 is 0 Å². The summed E-state index contributed by atoms with van der Waals surface area (Å²) in [5.41, 5.74) is 0.337. The summed E-state index contributed by atoms with van der Waals surface area (Å²) in [6, 6.07) is 0.741. The van der Waals surface area contributed by atoms with E-state index in [0.717, 1.165) is 17.9 Å². The molecule has 1 aliphatic heterocycles. The number of hydrogen-bond acceptors (Lipinski definition) is 2. The van der Waals surface area contributed by atoms with Crippen molar-refractivity contribution >= 4 is 0 Å². The van der Waals surface area contributed by atoms with Gasteiger partial charge in [-0.25, -0.2) is 0 Å². The van der Waals surface area contributed by atoms with Crippen LogP contribution < -0.4 is 5.32 Å². The number of hydrogen-bond donors (Lipinski definition) is 1. The second-order valence-electron chi connectivity index (χ2n) is 7.19. The van der Waals surface area contributed by atoms with Gasteiger partial charge in [0.2, 0.25) is 0 Å². The molecule has 0 bridgehead atoms. The monoisotopic (exact) mass is 252 g/mol. The van der Waals surface area contributed by atoms with Crippen LogP contribution in [0.5, 0.6) is 0 Å². The fourth-order valence-corrected chi connectivity index (χ4v) is 3.72. The van der Waals surface area contributed by atoms with Crippen LogP contribution in [0.15, 0.2) is 0 Å². The Balaban J connectivity index is 1.99. The molecule has 0 aromatic heterocycles. The molecule has 2 heteroatoms. The van der Waals surface area contributed by atoms with Crippen LogP contribution in [0.2, 0.25) is 0 Å². The van der Waals surface area contributed by atoms with Crippen LogP contribution >= 0.6 is 0 Å². The Bertz CT molecular complexity index is 258. The van der Waals surface area contributed by atoms with Gasteiger partial charge in [-0.1, -0.05) is 33.6 Å². The molecule has 1 heterocycles. The second-order valence-corrected chi connectivity index (χ2v) is 7.19. The summed E-state index contributed by atoms with van der Waals surface area (Å²) in [5.74, 6) is 1.74. The first-order chi connectivity index (χ1) is 8.54. The summed E-state index contributed by atoms with van der Waals surface area (Å²) in [5, 5.41) is 3.79. The third-order valence-corrected chi connectivity index (χ3v) is 5.28. The van der Waals surface area contributed by atoms with E-state index >= 15 is 0 Å². The topological polar surface area (TPSA) is 15.3 Å². The molecule has 0 aromatic rings. The highest BCUT2D eigenvalue weighted by atomic mass is 15.3. The van der Waals surface area contributed by atoms with E-state index in [4.69, 9.17) is 0 Å². The van der Waals surface area contributed by atoms with Gasteiger partial charge >= 0.3 is 0 Å². The first-order valence-corrected chi connectivity index (χ1v) is 8.03. The van der Waals surface area contributed by atoms with Gasteiger partial charge in [0.05, 0.1) is 0 Å². The molecular weight excluding hydrogens is 220 g/mol. The highest BCUT2D eigenvalue weighted by Crippen LogP contribution is 2.29. The minimum absolute atomic E-state index is 0.337. The number of rotatable bonds is 4. The highest BCUT2D eigenvalue weighted by Gasteiger charge is 2.36. The number of nitrogens with zero attached hydrogens (tertiary/aromatic N) is 1. The van der Waals surface area contributed by atoms with E-state index in [-0.39, 0.29) is 0 Å². The molecule has 1 N–H and O–H groups in total. The molecule has 0 aromatic carbocycles. The lowest BCUT2D eigenvalue weighted by Crippen LogP contribution is -2.64. The molecule has 18 heavy (non-hydrogen) atoms. The highest BCUT2D eigenvalue weighted by molar-refractivity contribution is 4.96. The van der Waals surface area contributed by atoms with Crippen molar-refractivity contribution in [3.05, 3.63) is 0 Å². The predicted molar refractivity (Wildman–Crippen MR) is 78.9 cm³/mol. The van der Waals surface area contributed by atoms with E-state index in [1.54, 1.807) is 0 Å². The maximum Gasteiger partial charge on any atom is 0.0278 e. The van der Waals surface area contributed by atoms with Crippen molar-refractivity contribution < 1.29 is 0 Å². The number of nitrogens with one attached hydrogen (secondary N) is 1. The van der Waals surface area contributed by atoms with Gasteiger partial charge in [0, 0.05) is 31.2 Å². The lowest BCUT2D eigenvalue weighted by molar-refractivity contribution is 0.0478. The van der Waals surface area contributed by atoms with Crippen molar-refractivity contribution in [1.29, 1.82) is 0 Å². The second kappa shape index (κ2) is 5.92. The zero-order chi connectivity index (χ0) is 13.2. The van der Waals surface area contributed by atoms with Gasteiger partial charge in [-0.15, -0.1) is 0 Å². The molecule has 0 amide bonds. The first kappa shape index (κ1) is 14.3. The van der Waals surface area contributed by atoms with Gasteiger partial charge < -0.3 is 5.32 Å². The lowest BCUT2D eigenvalue weighted by Gasteiger charge is -2.48. The molecule has 2 rings (SSSR count).